The molecule has 0 saturated carbocycles. The Kier molecular flexibility index (Phi) is 6.14. The van der Waals surface area contributed by atoms with Gasteiger partial charge in [0.2, 0.25) is 0 Å². The highest BCUT2D eigenvalue weighted by Crippen LogP contribution is 2.26. The number of pyridine rings is 1. The van der Waals surface area contributed by atoms with Crippen LogP contribution < -0.4 is 4.90 Å². The van der Waals surface area contributed by atoms with Crippen LogP contribution >= 0.6 is 0 Å². The SMILES string of the molecule is C=C=C(Cn1ccnc1-c1cc(F)c(F)cc1F)N(CCF)c1ncccc1C. The van der Waals surface area contributed by atoms with Gasteiger partial charge in [0, 0.05) is 24.7 Å². The molecule has 0 aliphatic heterocycles. The van der Waals surface area contributed by atoms with E-state index in [1.165, 1.54) is 10.8 Å². The van der Waals surface area contributed by atoms with Crippen molar-refractivity contribution >= 4 is 5.82 Å². The number of anilines is 1. The first kappa shape index (κ1) is 20.4. The summed E-state index contributed by atoms with van der Waals surface area (Å²) < 4.78 is 55.9. The van der Waals surface area contributed by atoms with E-state index in [1.807, 2.05) is 13.0 Å². The fraction of sp³-hybridized carbons (Fsp3) is 0.190. The molecule has 0 aliphatic rings. The summed E-state index contributed by atoms with van der Waals surface area (Å²) in [5.74, 6) is -2.78. The van der Waals surface area contributed by atoms with Crippen molar-refractivity contribution in [1.29, 1.82) is 0 Å². The molecule has 0 bridgehead atoms. The lowest BCUT2D eigenvalue weighted by Crippen LogP contribution is -2.28. The van der Waals surface area contributed by atoms with E-state index in [9.17, 15) is 17.6 Å². The van der Waals surface area contributed by atoms with Crippen molar-refractivity contribution in [2.24, 2.45) is 0 Å². The van der Waals surface area contributed by atoms with Crippen molar-refractivity contribution < 1.29 is 17.6 Å². The number of hydrogen-bond acceptors (Lipinski definition) is 3. The van der Waals surface area contributed by atoms with Gasteiger partial charge in [-0.05, 0) is 24.6 Å². The summed E-state index contributed by atoms with van der Waals surface area (Å²) in [4.78, 5) is 9.99. The maximum absolute atomic E-state index is 14.2. The number of aryl methyl sites for hydroxylation is 1. The van der Waals surface area contributed by atoms with Crippen LogP contribution in [0.2, 0.25) is 0 Å². The average molecular weight is 402 g/mol. The predicted octanol–water partition coefficient (Wildman–Crippen LogP) is 4.82. The van der Waals surface area contributed by atoms with Crippen molar-refractivity contribution in [1.82, 2.24) is 14.5 Å². The van der Waals surface area contributed by atoms with Gasteiger partial charge in [0.15, 0.2) is 11.6 Å². The topological polar surface area (TPSA) is 34.0 Å². The van der Waals surface area contributed by atoms with Crippen molar-refractivity contribution in [3.05, 3.63) is 83.9 Å². The highest BCUT2D eigenvalue weighted by Gasteiger charge is 2.19. The Balaban J connectivity index is 1.99. The van der Waals surface area contributed by atoms with Gasteiger partial charge in [-0.25, -0.2) is 27.5 Å². The number of benzene rings is 1. The van der Waals surface area contributed by atoms with Crippen molar-refractivity contribution in [3.8, 4) is 11.4 Å². The van der Waals surface area contributed by atoms with E-state index in [-0.39, 0.29) is 24.5 Å². The van der Waals surface area contributed by atoms with Crippen LogP contribution in [0, 0.1) is 24.4 Å². The second-order valence-corrected chi connectivity index (χ2v) is 6.23. The summed E-state index contributed by atoms with van der Waals surface area (Å²) >= 11 is 0. The second-order valence-electron chi connectivity index (χ2n) is 6.23. The lowest BCUT2D eigenvalue weighted by Gasteiger charge is -2.26. The average Bonchev–Trinajstić information content (AvgIpc) is 3.16. The van der Waals surface area contributed by atoms with Gasteiger partial charge < -0.3 is 9.47 Å². The van der Waals surface area contributed by atoms with Crippen molar-refractivity contribution in [3.63, 3.8) is 0 Å². The molecule has 0 saturated heterocycles. The molecule has 0 fully saturated rings. The molecular formula is C21H18F4N4. The minimum atomic E-state index is -1.28. The summed E-state index contributed by atoms with van der Waals surface area (Å²) in [5, 5.41) is 0. The summed E-state index contributed by atoms with van der Waals surface area (Å²) in [6.45, 7) is 4.98. The van der Waals surface area contributed by atoms with E-state index in [0.29, 0.717) is 17.6 Å². The lowest BCUT2D eigenvalue weighted by molar-refractivity contribution is 0.493. The van der Waals surface area contributed by atoms with E-state index < -0.39 is 24.1 Å². The van der Waals surface area contributed by atoms with Crippen molar-refractivity contribution in [2.75, 3.05) is 18.1 Å². The summed E-state index contributed by atoms with van der Waals surface area (Å²) in [6.07, 6.45) is 4.54. The highest BCUT2D eigenvalue weighted by molar-refractivity contribution is 5.57. The third-order valence-corrected chi connectivity index (χ3v) is 4.36. The zero-order valence-electron chi connectivity index (χ0n) is 15.7. The largest absolute Gasteiger partial charge is 0.324 e. The van der Waals surface area contributed by atoms with Gasteiger partial charge in [0.25, 0.3) is 0 Å². The Morgan fingerprint density at radius 1 is 1.14 bits per heavy atom. The molecule has 4 nitrogen and oxygen atoms in total. The van der Waals surface area contributed by atoms with Crippen LogP contribution in [0.25, 0.3) is 11.4 Å². The van der Waals surface area contributed by atoms with Crippen LogP contribution in [0.4, 0.5) is 23.4 Å². The van der Waals surface area contributed by atoms with Gasteiger partial charge >= 0.3 is 0 Å². The van der Waals surface area contributed by atoms with Crippen molar-refractivity contribution in [2.45, 2.75) is 13.5 Å². The standard InChI is InChI=1S/C21H18F4N4/c1-3-15(29(9-6-22)20-14(2)5-4-7-26-20)13-28-10-8-27-21(28)16-11-18(24)19(25)12-17(16)23/h4-5,7-8,10-12H,1,6,9,13H2,2H3. The number of alkyl halides is 1. The van der Waals surface area contributed by atoms with Gasteiger partial charge in [0.1, 0.15) is 24.1 Å². The molecule has 8 heteroatoms. The molecule has 3 rings (SSSR count). The molecule has 0 atom stereocenters. The number of hydrogen-bond donors (Lipinski definition) is 0. The van der Waals surface area contributed by atoms with Crippen LogP contribution in [0.1, 0.15) is 5.56 Å². The molecule has 3 aromatic rings. The number of rotatable bonds is 7. The van der Waals surface area contributed by atoms with Crippen LogP contribution in [0.3, 0.4) is 0 Å². The smallest absolute Gasteiger partial charge is 0.161 e. The Morgan fingerprint density at radius 2 is 1.90 bits per heavy atom. The van der Waals surface area contributed by atoms with Gasteiger partial charge in [-0.3, -0.25) is 0 Å². The maximum Gasteiger partial charge on any atom is 0.161 e. The fourth-order valence-electron chi connectivity index (χ4n) is 2.99. The summed E-state index contributed by atoms with van der Waals surface area (Å²) in [7, 11) is 0. The normalized spacial score (nSPS) is 10.7. The van der Waals surface area contributed by atoms with E-state index >= 15 is 0 Å². The summed E-state index contributed by atoms with van der Waals surface area (Å²) in [6, 6.07) is 4.83. The highest BCUT2D eigenvalue weighted by atomic mass is 19.2. The van der Waals surface area contributed by atoms with E-state index in [0.717, 1.165) is 11.6 Å². The molecule has 0 unspecified atom stereocenters. The van der Waals surface area contributed by atoms with Crippen LogP contribution in [0.5, 0.6) is 0 Å². The molecule has 0 aliphatic carbocycles. The molecule has 2 heterocycles. The fourth-order valence-corrected chi connectivity index (χ4v) is 2.99. The first-order valence-corrected chi connectivity index (χ1v) is 8.76. The minimum absolute atomic E-state index is 0.0132. The first-order valence-electron chi connectivity index (χ1n) is 8.76. The molecular weight excluding hydrogens is 384 g/mol. The van der Waals surface area contributed by atoms with E-state index in [4.69, 9.17) is 0 Å². The number of aromatic nitrogens is 3. The predicted molar refractivity (Wildman–Crippen MR) is 102 cm³/mol. The quantitative estimate of drug-likeness (QED) is 0.323. The van der Waals surface area contributed by atoms with Gasteiger partial charge in [-0.2, -0.15) is 0 Å². The molecule has 29 heavy (non-hydrogen) atoms. The molecule has 2 aromatic heterocycles. The zero-order valence-corrected chi connectivity index (χ0v) is 15.7. The molecule has 150 valence electrons. The third-order valence-electron chi connectivity index (χ3n) is 4.36. The number of nitrogens with zero attached hydrogens (tertiary/aromatic N) is 4. The first-order chi connectivity index (χ1) is 14.0. The Hall–Kier alpha value is -3.38. The number of halogens is 4. The molecule has 1 aromatic carbocycles. The number of allylic oxidation sites excluding steroid dienone is 1. The maximum atomic E-state index is 14.2. The lowest BCUT2D eigenvalue weighted by atomic mass is 10.2. The van der Waals surface area contributed by atoms with Crippen LogP contribution in [-0.2, 0) is 6.54 Å². The third kappa shape index (κ3) is 4.22. The molecule has 0 amide bonds. The van der Waals surface area contributed by atoms with Gasteiger partial charge in [0.05, 0.1) is 24.4 Å². The summed E-state index contributed by atoms with van der Waals surface area (Å²) in [5.41, 5.74) is 3.87. The second kappa shape index (κ2) is 8.75. The Morgan fingerprint density at radius 3 is 2.59 bits per heavy atom. The van der Waals surface area contributed by atoms with Crippen LogP contribution in [-0.4, -0.2) is 27.8 Å². The number of imidazole rings is 1. The molecule has 0 radical (unpaired) electrons. The van der Waals surface area contributed by atoms with E-state index in [1.54, 1.807) is 23.4 Å². The van der Waals surface area contributed by atoms with Crippen LogP contribution in [0.15, 0.2) is 60.9 Å². The van der Waals surface area contributed by atoms with E-state index in [2.05, 4.69) is 22.3 Å². The monoisotopic (exact) mass is 402 g/mol. The zero-order chi connectivity index (χ0) is 21.0. The Bertz CT molecular complexity index is 1070. The van der Waals surface area contributed by atoms with Gasteiger partial charge in [-0.1, -0.05) is 12.6 Å². The van der Waals surface area contributed by atoms with Gasteiger partial charge in [-0.15, -0.1) is 5.73 Å². The minimum Gasteiger partial charge on any atom is -0.324 e. The Labute approximate surface area is 165 Å². The molecule has 0 spiro atoms. The molecule has 0 N–H and O–H groups in total.